The fraction of sp³-hybridized carbons (Fsp3) is 0.571. The average molecular weight is 233 g/mol. The van der Waals surface area contributed by atoms with E-state index < -0.39 is 5.60 Å². The van der Waals surface area contributed by atoms with Crippen molar-refractivity contribution in [3.05, 3.63) is 29.8 Å². The molecule has 2 aliphatic rings. The molecule has 2 unspecified atom stereocenters. The molecule has 0 radical (unpaired) electrons. The third kappa shape index (κ3) is 1.94. The zero-order chi connectivity index (χ0) is 11.9. The van der Waals surface area contributed by atoms with Gasteiger partial charge in [0.1, 0.15) is 11.4 Å². The minimum absolute atomic E-state index is 0.114. The van der Waals surface area contributed by atoms with Gasteiger partial charge in [-0.3, -0.25) is 0 Å². The first-order chi connectivity index (χ1) is 8.20. The van der Waals surface area contributed by atoms with Gasteiger partial charge >= 0.3 is 0 Å². The third-order valence-corrected chi connectivity index (χ3v) is 3.90. The van der Waals surface area contributed by atoms with Crippen LogP contribution in [0.4, 0.5) is 0 Å². The first-order valence-corrected chi connectivity index (χ1v) is 6.38. The molecule has 0 amide bonds. The molecule has 1 aromatic rings. The van der Waals surface area contributed by atoms with Gasteiger partial charge < -0.3 is 15.2 Å². The molecular weight excluding hydrogens is 214 g/mol. The zero-order valence-electron chi connectivity index (χ0n) is 10.1. The monoisotopic (exact) mass is 233 g/mol. The minimum Gasteiger partial charge on any atom is -0.493 e. The smallest absolute Gasteiger partial charge is 0.125 e. The van der Waals surface area contributed by atoms with E-state index in [1.807, 2.05) is 31.2 Å². The van der Waals surface area contributed by atoms with Gasteiger partial charge in [-0.25, -0.2) is 0 Å². The van der Waals surface area contributed by atoms with Crippen molar-refractivity contribution >= 4 is 0 Å². The summed E-state index contributed by atoms with van der Waals surface area (Å²) in [5, 5.41) is 14.4. The average Bonchev–Trinajstić information content (AvgIpc) is 3.16. The zero-order valence-corrected chi connectivity index (χ0v) is 10.1. The first kappa shape index (κ1) is 11.1. The van der Waals surface area contributed by atoms with Crippen molar-refractivity contribution in [1.29, 1.82) is 0 Å². The Morgan fingerprint density at radius 2 is 2.18 bits per heavy atom. The van der Waals surface area contributed by atoms with E-state index in [-0.39, 0.29) is 5.92 Å². The predicted octanol–water partition coefficient (Wildman–Crippen LogP) is 1.65. The topological polar surface area (TPSA) is 41.5 Å². The summed E-state index contributed by atoms with van der Waals surface area (Å²) < 4.78 is 5.67. The van der Waals surface area contributed by atoms with Gasteiger partial charge in [0.25, 0.3) is 0 Å². The Morgan fingerprint density at radius 3 is 2.94 bits per heavy atom. The SMILES string of the molecule is CC1COc2ccccc2C1(O)CNC1CC1. The quantitative estimate of drug-likeness (QED) is 0.834. The van der Waals surface area contributed by atoms with Crippen LogP contribution in [0.15, 0.2) is 24.3 Å². The number of rotatable bonds is 3. The van der Waals surface area contributed by atoms with Crippen molar-refractivity contribution in [2.75, 3.05) is 13.2 Å². The van der Waals surface area contributed by atoms with E-state index in [4.69, 9.17) is 4.74 Å². The molecule has 1 aromatic carbocycles. The van der Waals surface area contributed by atoms with Crippen molar-refractivity contribution in [2.45, 2.75) is 31.4 Å². The Balaban J connectivity index is 1.89. The van der Waals surface area contributed by atoms with Gasteiger partial charge in [-0.2, -0.15) is 0 Å². The molecule has 1 aliphatic carbocycles. The second-order valence-corrected chi connectivity index (χ2v) is 5.29. The number of benzene rings is 1. The van der Waals surface area contributed by atoms with Crippen LogP contribution in [-0.2, 0) is 5.60 Å². The van der Waals surface area contributed by atoms with E-state index in [0.717, 1.165) is 11.3 Å². The minimum atomic E-state index is -0.794. The number of fused-ring (bicyclic) bond motifs is 1. The highest BCUT2D eigenvalue weighted by Gasteiger charge is 2.42. The van der Waals surface area contributed by atoms with Crippen LogP contribution in [0.5, 0.6) is 5.75 Å². The van der Waals surface area contributed by atoms with Crippen LogP contribution >= 0.6 is 0 Å². The molecule has 1 aliphatic heterocycles. The summed E-state index contributed by atoms with van der Waals surface area (Å²) in [5.41, 5.74) is 0.129. The Morgan fingerprint density at radius 1 is 1.41 bits per heavy atom. The van der Waals surface area contributed by atoms with Crippen LogP contribution < -0.4 is 10.1 Å². The molecular formula is C14H19NO2. The van der Waals surface area contributed by atoms with Crippen LogP contribution in [-0.4, -0.2) is 24.3 Å². The van der Waals surface area contributed by atoms with E-state index in [2.05, 4.69) is 5.32 Å². The molecule has 1 fully saturated rings. The van der Waals surface area contributed by atoms with Crippen molar-refractivity contribution in [3.63, 3.8) is 0 Å². The molecule has 2 N–H and O–H groups in total. The highest BCUT2D eigenvalue weighted by Crippen LogP contribution is 2.40. The molecule has 0 bridgehead atoms. The molecule has 1 heterocycles. The fourth-order valence-corrected chi connectivity index (χ4v) is 2.43. The van der Waals surface area contributed by atoms with Crippen molar-refractivity contribution in [3.8, 4) is 5.75 Å². The molecule has 1 saturated carbocycles. The number of hydrogen-bond acceptors (Lipinski definition) is 3. The molecule has 92 valence electrons. The summed E-state index contributed by atoms with van der Waals surface area (Å²) in [5.74, 6) is 0.939. The second-order valence-electron chi connectivity index (χ2n) is 5.29. The maximum absolute atomic E-state index is 10.9. The summed E-state index contributed by atoms with van der Waals surface area (Å²) in [4.78, 5) is 0. The third-order valence-electron chi connectivity index (χ3n) is 3.90. The second kappa shape index (κ2) is 4.00. The standard InChI is InChI=1S/C14H19NO2/c1-10-8-17-13-5-3-2-4-12(13)14(10,16)9-15-11-6-7-11/h2-5,10-11,15-16H,6-9H2,1H3. The largest absolute Gasteiger partial charge is 0.493 e. The molecule has 17 heavy (non-hydrogen) atoms. The van der Waals surface area contributed by atoms with Crippen molar-refractivity contribution in [1.82, 2.24) is 5.32 Å². The molecule has 0 saturated heterocycles. The van der Waals surface area contributed by atoms with Crippen LogP contribution in [0.3, 0.4) is 0 Å². The Kier molecular flexibility index (Phi) is 2.60. The Bertz CT molecular complexity index is 416. The van der Waals surface area contributed by atoms with Crippen molar-refractivity contribution < 1.29 is 9.84 Å². The molecule has 0 aromatic heterocycles. The molecule has 3 heteroatoms. The molecule has 3 nitrogen and oxygen atoms in total. The first-order valence-electron chi connectivity index (χ1n) is 6.38. The summed E-state index contributed by atoms with van der Waals surface area (Å²) in [6.07, 6.45) is 2.48. The fourth-order valence-electron chi connectivity index (χ4n) is 2.43. The summed E-state index contributed by atoms with van der Waals surface area (Å²) in [7, 11) is 0. The lowest BCUT2D eigenvalue weighted by molar-refractivity contribution is -0.0500. The molecule has 0 spiro atoms. The van der Waals surface area contributed by atoms with E-state index >= 15 is 0 Å². The lowest BCUT2D eigenvalue weighted by Gasteiger charge is -2.39. The number of aliphatic hydroxyl groups is 1. The summed E-state index contributed by atoms with van der Waals surface area (Å²) in [6, 6.07) is 8.43. The van der Waals surface area contributed by atoms with Crippen LogP contribution in [0.2, 0.25) is 0 Å². The summed E-state index contributed by atoms with van der Waals surface area (Å²) >= 11 is 0. The lowest BCUT2D eigenvalue weighted by Crippen LogP contribution is -2.48. The van der Waals surface area contributed by atoms with Gasteiger partial charge in [-0.15, -0.1) is 0 Å². The maximum Gasteiger partial charge on any atom is 0.125 e. The van der Waals surface area contributed by atoms with E-state index in [9.17, 15) is 5.11 Å². The Labute approximate surface area is 102 Å². The van der Waals surface area contributed by atoms with Gasteiger partial charge in [0.2, 0.25) is 0 Å². The van der Waals surface area contributed by atoms with E-state index in [1.54, 1.807) is 0 Å². The maximum atomic E-state index is 10.9. The van der Waals surface area contributed by atoms with Crippen LogP contribution in [0.25, 0.3) is 0 Å². The number of hydrogen-bond donors (Lipinski definition) is 2. The lowest BCUT2D eigenvalue weighted by atomic mass is 9.80. The van der Waals surface area contributed by atoms with Gasteiger partial charge in [0, 0.05) is 24.1 Å². The molecule has 2 atom stereocenters. The normalized spacial score (nSPS) is 31.8. The van der Waals surface area contributed by atoms with E-state index in [1.165, 1.54) is 12.8 Å². The van der Waals surface area contributed by atoms with Crippen LogP contribution in [0, 0.1) is 5.92 Å². The van der Waals surface area contributed by atoms with Gasteiger partial charge in [-0.05, 0) is 18.9 Å². The number of para-hydroxylation sites is 1. The van der Waals surface area contributed by atoms with Crippen molar-refractivity contribution in [2.24, 2.45) is 5.92 Å². The predicted molar refractivity (Wildman–Crippen MR) is 66.0 cm³/mol. The van der Waals surface area contributed by atoms with E-state index in [0.29, 0.717) is 19.2 Å². The summed E-state index contributed by atoms with van der Waals surface area (Å²) in [6.45, 7) is 3.25. The van der Waals surface area contributed by atoms with Gasteiger partial charge in [0.15, 0.2) is 0 Å². The van der Waals surface area contributed by atoms with Gasteiger partial charge in [-0.1, -0.05) is 25.1 Å². The van der Waals surface area contributed by atoms with Gasteiger partial charge in [0.05, 0.1) is 6.61 Å². The highest BCUT2D eigenvalue weighted by atomic mass is 16.5. The molecule has 3 rings (SSSR count). The number of ether oxygens (including phenoxy) is 1. The highest BCUT2D eigenvalue weighted by molar-refractivity contribution is 5.40. The van der Waals surface area contributed by atoms with Crippen LogP contribution in [0.1, 0.15) is 25.3 Å². The number of nitrogens with one attached hydrogen (secondary N) is 1. The Hall–Kier alpha value is -1.06.